The van der Waals surface area contributed by atoms with Crippen LogP contribution in [0.4, 0.5) is 10.6 Å². The molecule has 0 radical (unpaired) electrons. The van der Waals surface area contributed by atoms with Gasteiger partial charge in [-0.05, 0) is 39.4 Å². The Bertz CT molecular complexity index is 565. The number of halogens is 1. The minimum Gasteiger partial charge on any atom is -0.444 e. The topological polar surface area (TPSA) is 67.4 Å². The molecule has 1 aromatic heterocycles. The molecule has 0 aromatic carbocycles. The van der Waals surface area contributed by atoms with Crippen LogP contribution in [0.15, 0.2) is 11.2 Å². The van der Waals surface area contributed by atoms with Crippen molar-refractivity contribution >= 4 is 35.3 Å². The summed E-state index contributed by atoms with van der Waals surface area (Å²) in [6.07, 6.45) is 2.55. The summed E-state index contributed by atoms with van der Waals surface area (Å²) < 4.78 is 5.25. The van der Waals surface area contributed by atoms with Crippen LogP contribution in [0.25, 0.3) is 0 Å². The fourth-order valence-electron chi connectivity index (χ4n) is 2.39. The third kappa shape index (κ3) is 5.73. The minimum absolute atomic E-state index is 0.369. The second kappa shape index (κ2) is 7.57. The van der Waals surface area contributed by atoms with Gasteiger partial charge in [0, 0.05) is 25.7 Å². The van der Waals surface area contributed by atoms with Gasteiger partial charge in [0.25, 0.3) is 0 Å². The first kappa shape index (κ1) is 18.1. The van der Waals surface area contributed by atoms with E-state index in [1.54, 1.807) is 6.07 Å². The molecule has 128 valence electrons. The average Bonchev–Trinajstić information content (AvgIpc) is 2.91. The van der Waals surface area contributed by atoms with E-state index in [2.05, 4.69) is 20.2 Å². The van der Waals surface area contributed by atoms with E-state index in [1.807, 2.05) is 27.0 Å². The van der Waals surface area contributed by atoms with Crippen LogP contribution in [0.5, 0.6) is 0 Å². The number of carbonyl (C=O) groups excluding carboxylic acids is 1. The van der Waals surface area contributed by atoms with Crippen LogP contribution in [0.3, 0.4) is 0 Å². The molecule has 0 bridgehead atoms. The Labute approximate surface area is 146 Å². The Balaban J connectivity index is 1.87. The molecule has 0 unspecified atom stereocenters. The van der Waals surface area contributed by atoms with E-state index in [9.17, 15) is 4.79 Å². The van der Waals surface area contributed by atoms with Gasteiger partial charge in [0.1, 0.15) is 16.6 Å². The van der Waals surface area contributed by atoms with Crippen molar-refractivity contribution in [3.8, 4) is 0 Å². The fourth-order valence-corrected chi connectivity index (χ4v) is 2.99. The molecular formula is C15H23ClN4O2S. The molecule has 8 heteroatoms. The average molecular weight is 359 g/mol. The Morgan fingerprint density at radius 1 is 1.52 bits per heavy atom. The Morgan fingerprint density at radius 2 is 2.26 bits per heavy atom. The number of alkyl carbamates (subject to hydrolysis) is 1. The van der Waals surface area contributed by atoms with Crippen LogP contribution >= 0.6 is 23.4 Å². The number of hydrogen-bond donors (Lipinski definition) is 1. The van der Waals surface area contributed by atoms with Crippen molar-refractivity contribution in [2.75, 3.05) is 30.8 Å². The Hall–Kier alpha value is -1.21. The van der Waals surface area contributed by atoms with Crippen molar-refractivity contribution in [2.45, 2.75) is 37.9 Å². The second-order valence-corrected chi connectivity index (χ2v) is 7.68. The number of amides is 1. The number of anilines is 1. The minimum atomic E-state index is -0.474. The van der Waals surface area contributed by atoms with Gasteiger partial charge in [-0.1, -0.05) is 23.4 Å². The maximum absolute atomic E-state index is 11.7. The van der Waals surface area contributed by atoms with Gasteiger partial charge < -0.3 is 15.0 Å². The molecular weight excluding hydrogens is 336 g/mol. The van der Waals surface area contributed by atoms with Gasteiger partial charge >= 0.3 is 6.09 Å². The molecule has 2 heterocycles. The highest BCUT2D eigenvalue weighted by atomic mass is 35.5. The van der Waals surface area contributed by atoms with Crippen molar-refractivity contribution < 1.29 is 9.53 Å². The molecule has 1 atom stereocenters. The summed E-state index contributed by atoms with van der Waals surface area (Å²) in [5.74, 6) is 1.21. The summed E-state index contributed by atoms with van der Waals surface area (Å²) in [4.78, 5) is 22.5. The number of hydrogen-bond acceptors (Lipinski definition) is 6. The number of rotatable bonds is 4. The van der Waals surface area contributed by atoms with Gasteiger partial charge in [-0.15, -0.1) is 0 Å². The molecule has 0 aliphatic carbocycles. The summed E-state index contributed by atoms with van der Waals surface area (Å²) >= 11 is 7.51. The first-order chi connectivity index (χ1) is 10.8. The van der Waals surface area contributed by atoms with Crippen molar-refractivity contribution in [1.82, 2.24) is 15.3 Å². The largest absolute Gasteiger partial charge is 0.444 e. The zero-order chi connectivity index (χ0) is 17.0. The Morgan fingerprint density at radius 3 is 2.91 bits per heavy atom. The van der Waals surface area contributed by atoms with Gasteiger partial charge in [-0.3, -0.25) is 0 Å². The molecule has 1 aliphatic rings. The lowest BCUT2D eigenvalue weighted by atomic mass is 10.1. The molecule has 0 spiro atoms. The summed E-state index contributed by atoms with van der Waals surface area (Å²) in [5, 5.41) is 3.96. The highest BCUT2D eigenvalue weighted by molar-refractivity contribution is 7.98. The molecule has 0 saturated carbocycles. The maximum Gasteiger partial charge on any atom is 0.407 e. The molecule has 1 N–H and O–H groups in total. The highest BCUT2D eigenvalue weighted by Crippen LogP contribution is 2.25. The zero-order valence-corrected chi connectivity index (χ0v) is 15.5. The molecule has 6 nitrogen and oxygen atoms in total. The molecule has 1 saturated heterocycles. The molecule has 23 heavy (non-hydrogen) atoms. The predicted molar refractivity (Wildman–Crippen MR) is 93.4 cm³/mol. The van der Waals surface area contributed by atoms with E-state index in [0.29, 0.717) is 22.8 Å². The monoisotopic (exact) mass is 358 g/mol. The first-order valence-corrected chi connectivity index (χ1v) is 9.17. The molecule has 1 aromatic rings. The van der Waals surface area contributed by atoms with Gasteiger partial charge in [0.05, 0.1) is 0 Å². The Kier molecular flexibility index (Phi) is 5.97. The summed E-state index contributed by atoms with van der Waals surface area (Å²) in [5.41, 5.74) is -0.474. The summed E-state index contributed by atoms with van der Waals surface area (Å²) in [6.45, 7) is 7.88. The number of aromatic nitrogens is 2. The van der Waals surface area contributed by atoms with Gasteiger partial charge in [-0.2, -0.15) is 0 Å². The highest BCUT2D eigenvalue weighted by Gasteiger charge is 2.25. The smallest absolute Gasteiger partial charge is 0.407 e. The zero-order valence-electron chi connectivity index (χ0n) is 13.9. The maximum atomic E-state index is 11.7. The number of nitrogens with one attached hydrogen (secondary N) is 1. The summed E-state index contributed by atoms with van der Waals surface area (Å²) in [7, 11) is 0. The lowest BCUT2D eigenvalue weighted by Gasteiger charge is -2.21. The number of nitrogens with zero attached hydrogens (tertiary/aromatic N) is 3. The lowest BCUT2D eigenvalue weighted by molar-refractivity contribution is 0.0520. The van der Waals surface area contributed by atoms with E-state index in [-0.39, 0.29) is 6.09 Å². The third-order valence-corrected chi connectivity index (χ3v) is 4.13. The van der Waals surface area contributed by atoms with Crippen molar-refractivity contribution in [3.63, 3.8) is 0 Å². The number of thioether (sulfide) groups is 1. The standard InChI is InChI=1S/C15H23ClN4O2S/c1-15(2,3)22-14(21)17-8-10-5-6-20(9-10)12-7-11(16)18-13(19-12)23-4/h7,10H,5-6,8-9H2,1-4H3,(H,17,21)/t10-/m1/s1. The normalized spacial score (nSPS) is 18.1. The second-order valence-electron chi connectivity index (χ2n) is 6.52. The molecule has 1 aliphatic heterocycles. The van der Waals surface area contributed by atoms with Crippen LogP contribution in [0.2, 0.25) is 5.15 Å². The number of ether oxygens (including phenoxy) is 1. The lowest BCUT2D eigenvalue weighted by Crippen LogP contribution is -2.36. The van der Waals surface area contributed by atoms with E-state index in [0.717, 1.165) is 25.3 Å². The summed E-state index contributed by atoms with van der Waals surface area (Å²) in [6, 6.07) is 1.78. The molecule has 1 amide bonds. The van der Waals surface area contributed by atoms with Crippen molar-refractivity contribution in [1.29, 1.82) is 0 Å². The van der Waals surface area contributed by atoms with E-state index in [4.69, 9.17) is 16.3 Å². The first-order valence-electron chi connectivity index (χ1n) is 7.57. The van der Waals surface area contributed by atoms with Crippen LogP contribution in [0, 0.1) is 5.92 Å². The van der Waals surface area contributed by atoms with E-state index in [1.165, 1.54) is 11.8 Å². The molecule has 1 fully saturated rings. The predicted octanol–water partition coefficient (Wildman–Crippen LogP) is 3.20. The van der Waals surface area contributed by atoms with E-state index < -0.39 is 5.60 Å². The van der Waals surface area contributed by atoms with Crippen LogP contribution in [0.1, 0.15) is 27.2 Å². The third-order valence-electron chi connectivity index (χ3n) is 3.39. The van der Waals surface area contributed by atoms with Gasteiger partial charge in [-0.25, -0.2) is 14.8 Å². The van der Waals surface area contributed by atoms with Crippen LogP contribution in [-0.4, -0.2) is 47.6 Å². The van der Waals surface area contributed by atoms with E-state index >= 15 is 0 Å². The van der Waals surface area contributed by atoms with Crippen LogP contribution in [-0.2, 0) is 4.74 Å². The van der Waals surface area contributed by atoms with Crippen LogP contribution < -0.4 is 10.2 Å². The van der Waals surface area contributed by atoms with Gasteiger partial charge in [0.15, 0.2) is 5.16 Å². The van der Waals surface area contributed by atoms with Gasteiger partial charge in [0.2, 0.25) is 0 Å². The quantitative estimate of drug-likeness (QED) is 0.506. The number of carbonyl (C=O) groups is 1. The molecule has 2 rings (SSSR count). The SMILES string of the molecule is CSc1nc(Cl)cc(N2CC[C@H](CNC(=O)OC(C)(C)C)C2)n1. The van der Waals surface area contributed by atoms with Crippen molar-refractivity contribution in [2.24, 2.45) is 5.92 Å². The fraction of sp³-hybridized carbons (Fsp3) is 0.667. The van der Waals surface area contributed by atoms with Crippen molar-refractivity contribution in [3.05, 3.63) is 11.2 Å².